The third kappa shape index (κ3) is 5.16. The van der Waals surface area contributed by atoms with Crippen molar-refractivity contribution in [2.75, 3.05) is 42.1 Å². The number of benzene rings is 2. The van der Waals surface area contributed by atoms with Crippen LogP contribution in [0.4, 0.5) is 34.9 Å². The van der Waals surface area contributed by atoms with Gasteiger partial charge in [0, 0.05) is 38.5 Å². The summed E-state index contributed by atoms with van der Waals surface area (Å²) in [6, 6.07) is 14.3. The Balaban J connectivity index is 1.78. The van der Waals surface area contributed by atoms with Gasteiger partial charge in [-0.2, -0.15) is 20.1 Å². The second-order valence-electron chi connectivity index (χ2n) is 6.32. The molecule has 0 radical (unpaired) electrons. The van der Waals surface area contributed by atoms with Crippen molar-refractivity contribution < 1.29 is 4.92 Å². The summed E-state index contributed by atoms with van der Waals surface area (Å²) in [7, 11) is 5.19. The molecule has 154 valence electrons. The summed E-state index contributed by atoms with van der Waals surface area (Å²) in [6.07, 6.45) is 1.46. The van der Waals surface area contributed by atoms with E-state index in [2.05, 4.69) is 36.1 Å². The van der Waals surface area contributed by atoms with E-state index in [0.717, 1.165) is 5.69 Å². The van der Waals surface area contributed by atoms with Crippen LogP contribution in [0, 0.1) is 10.1 Å². The summed E-state index contributed by atoms with van der Waals surface area (Å²) < 4.78 is 0. The van der Waals surface area contributed by atoms with Crippen LogP contribution in [-0.4, -0.2) is 47.2 Å². The Morgan fingerprint density at radius 2 is 1.73 bits per heavy atom. The van der Waals surface area contributed by atoms with Gasteiger partial charge in [0.1, 0.15) is 5.69 Å². The van der Waals surface area contributed by atoms with E-state index in [9.17, 15) is 10.1 Å². The molecule has 0 aliphatic heterocycles. The Bertz CT molecular complexity index is 1060. The maximum Gasteiger partial charge on any atom is 0.293 e. The third-order valence-corrected chi connectivity index (χ3v) is 3.95. The Morgan fingerprint density at radius 1 is 1.03 bits per heavy atom. The highest BCUT2D eigenvalue weighted by molar-refractivity contribution is 5.83. The van der Waals surface area contributed by atoms with Crippen LogP contribution in [0.5, 0.6) is 0 Å². The van der Waals surface area contributed by atoms with Gasteiger partial charge in [-0.3, -0.25) is 10.1 Å². The lowest BCUT2D eigenvalue weighted by atomic mass is 10.2. The fourth-order valence-corrected chi connectivity index (χ4v) is 2.55. The molecule has 11 nitrogen and oxygen atoms in total. The van der Waals surface area contributed by atoms with Gasteiger partial charge in [0.05, 0.1) is 11.1 Å². The minimum Gasteiger partial charge on any atom is -0.372 e. The first-order chi connectivity index (χ1) is 14.5. The van der Waals surface area contributed by atoms with Gasteiger partial charge in [-0.25, -0.2) is 5.43 Å². The average Bonchev–Trinajstić information content (AvgIpc) is 2.74. The second kappa shape index (κ2) is 9.28. The number of aromatic nitrogens is 3. The topological polar surface area (TPSA) is 134 Å². The van der Waals surface area contributed by atoms with E-state index in [0.29, 0.717) is 23.1 Å². The zero-order valence-electron chi connectivity index (χ0n) is 16.7. The van der Waals surface area contributed by atoms with Crippen LogP contribution in [-0.2, 0) is 0 Å². The van der Waals surface area contributed by atoms with E-state index in [4.69, 9.17) is 0 Å². The maximum atomic E-state index is 11.3. The molecule has 1 aromatic heterocycles. The Hall–Kier alpha value is -4.28. The largest absolute Gasteiger partial charge is 0.372 e. The standard InChI is InChI=1S/C19H21N9O2/c1-20-17-23-18(22-14-7-5-4-6-8-14)25-19(24-17)26-21-12-13-9-10-15(27(2)3)16(11-13)28(29)30/h4-12H,1-3H3,(H3,20,22,23,24,25,26)/b21-12-. The number of hydrazone groups is 1. The van der Waals surface area contributed by atoms with Gasteiger partial charge >= 0.3 is 0 Å². The minimum atomic E-state index is -0.424. The fourth-order valence-electron chi connectivity index (χ4n) is 2.55. The first-order valence-corrected chi connectivity index (χ1v) is 8.97. The molecule has 0 aliphatic rings. The molecule has 3 N–H and O–H groups in total. The van der Waals surface area contributed by atoms with Crippen molar-refractivity contribution in [2.45, 2.75) is 0 Å². The molecule has 0 bridgehead atoms. The number of nitro groups is 1. The van der Waals surface area contributed by atoms with Gasteiger partial charge in [0.15, 0.2) is 0 Å². The quantitative estimate of drug-likeness (QED) is 0.292. The normalized spacial score (nSPS) is 10.6. The van der Waals surface area contributed by atoms with Gasteiger partial charge in [-0.05, 0) is 18.2 Å². The maximum absolute atomic E-state index is 11.3. The molecule has 2 aromatic carbocycles. The van der Waals surface area contributed by atoms with Gasteiger partial charge in [-0.15, -0.1) is 0 Å². The monoisotopic (exact) mass is 407 g/mol. The Kier molecular flexibility index (Phi) is 6.33. The lowest BCUT2D eigenvalue weighted by Crippen LogP contribution is -2.11. The van der Waals surface area contributed by atoms with Crippen LogP contribution in [0.2, 0.25) is 0 Å². The second-order valence-corrected chi connectivity index (χ2v) is 6.32. The summed E-state index contributed by atoms with van der Waals surface area (Å²) in [6.45, 7) is 0. The molecule has 0 saturated carbocycles. The zero-order valence-corrected chi connectivity index (χ0v) is 16.7. The van der Waals surface area contributed by atoms with Gasteiger partial charge < -0.3 is 15.5 Å². The first-order valence-electron chi connectivity index (χ1n) is 8.97. The third-order valence-electron chi connectivity index (χ3n) is 3.95. The Labute approximate surface area is 173 Å². The fraction of sp³-hybridized carbons (Fsp3) is 0.158. The number of anilines is 5. The highest BCUT2D eigenvalue weighted by Crippen LogP contribution is 2.27. The number of para-hydroxylation sites is 1. The predicted octanol–water partition coefficient (Wildman–Crippen LogP) is 3.08. The SMILES string of the molecule is CNc1nc(N/N=C\c2ccc(N(C)C)c([N+](=O)[O-])c2)nc(Nc2ccccc2)n1. The van der Waals surface area contributed by atoms with Crippen molar-refractivity contribution in [1.82, 2.24) is 15.0 Å². The van der Waals surface area contributed by atoms with E-state index in [1.165, 1.54) is 12.3 Å². The van der Waals surface area contributed by atoms with Crippen molar-refractivity contribution in [3.05, 3.63) is 64.2 Å². The summed E-state index contributed by atoms with van der Waals surface area (Å²) in [5.74, 6) is 0.903. The van der Waals surface area contributed by atoms with Gasteiger partial charge in [-0.1, -0.05) is 24.3 Å². The molecule has 0 saturated heterocycles. The van der Waals surface area contributed by atoms with Gasteiger partial charge in [0.2, 0.25) is 17.8 Å². The van der Waals surface area contributed by atoms with E-state index in [1.54, 1.807) is 38.2 Å². The van der Waals surface area contributed by atoms with Crippen LogP contribution in [0.3, 0.4) is 0 Å². The van der Waals surface area contributed by atoms with Crippen LogP contribution in [0.25, 0.3) is 0 Å². The van der Waals surface area contributed by atoms with Crippen molar-refractivity contribution in [1.29, 1.82) is 0 Å². The predicted molar refractivity (Wildman–Crippen MR) is 118 cm³/mol. The molecule has 0 aliphatic carbocycles. The summed E-state index contributed by atoms with van der Waals surface area (Å²) >= 11 is 0. The molecule has 0 spiro atoms. The number of hydrogen-bond acceptors (Lipinski definition) is 10. The highest BCUT2D eigenvalue weighted by Gasteiger charge is 2.15. The zero-order chi connectivity index (χ0) is 21.5. The molecule has 0 amide bonds. The molecular weight excluding hydrogens is 386 g/mol. The van der Waals surface area contributed by atoms with E-state index in [-0.39, 0.29) is 11.6 Å². The average molecular weight is 407 g/mol. The van der Waals surface area contributed by atoms with Crippen LogP contribution >= 0.6 is 0 Å². The van der Waals surface area contributed by atoms with Gasteiger partial charge in [0.25, 0.3) is 5.69 Å². The van der Waals surface area contributed by atoms with E-state index >= 15 is 0 Å². The molecule has 11 heteroatoms. The first kappa shape index (κ1) is 20.5. The van der Waals surface area contributed by atoms with E-state index < -0.39 is 4.92 Å². The van der Waals surface area contributed by atoms with Crippen LogP contribution in [0.15, 0.2) is 53.6 Å². The number of nitro benzene ring substituents is 1. The highest BCUT2D eigenvalue weighted by atomic mass is 16.6. The summed E-state index contributed by atoms with van der Waals surface area (Å²) in [5, 5.41) is 21.4. The van der Waals surface area contributed by atoms with Crippen molar-refractivity contribution in [2.24, 2.45) is 5.10 Å². The molecule has 30 heavy (non-hydrogen) atoms. The summed E-state index contributed by atoms with van der Waals surface area (Å²) in [4.78, 5) is 25.3. The van der Waals surface area contributed by atoms with Crippen molar-refractivity contribution in [3.8, 4) is 0 Å². The molecule has 3 rings (SSSR count). The molecule has 3 aromatic rings. The van der Waals surface area contributed by atoms with Crippen molar-refractivity contribution >= 4 is 41.1 Å². The number of nitrogens with one attached hydrogen (secondary N) is 3. The number of hydrogen-bond donors (Lipinski definition) is 3. The van der Waals surface area contributed by atoms with E-state index in [1.807, 2.05) is 30.3 Å². The summed E-state index contributed by atoms with van der Waals surface area (Å²) in [5.41, 5.74) is 4.62. The molecule has 1 heterocycles. The number of nitrogens with zero attached hydrogens (tertiary/aromatic N) is 6. The molecule has 0 unspecified atom stereocenters. The smallest absolute Gasteiger partial charge is 0.293 e. The van der Waals surface area contributed by atoms with Crippen LogP contribution in [0.1, 0.15) is 5.56 Å². The molecule has 0 atom stereocenters. The van der Waals surface area contributed by atoms with Crippen molar-refractivity contribution in [3.63, 3.8) is 0 Å². The minimum absolute atomic E-state index is 0.00377. The lowest BCUT2D eigenvalue weighted by molar-refractivity contribution is -0.384. The lowest BCUT2D eigenvalue weighted by Gasteiger charge is -2.12. The molecular formula is C19H21N9O2. The Morgan fingerprint density at radius 3 is 2.40 bits per heavy atom. The molecule has 0 fully saturated rings. The number of rotatable bonds is 8. The van der Waals surface area contributed by atoms with Crippen LogP contribution < -0.4 is 21.0 Å².